The van der Waals surface area contributed by atoms with E-state index in [4.69, 9.17) is 14.2 Å². The highest BCUT2D eigenvalue weighted by atomic mass is 16.5. The van der Waals surface area contributed by atoms with E-state index < -0.39 is 5.97 Å². The summed E-state index contributed by atoms with van der Waals surface area (Å²) in [5.74, 6) is 1.59. The molecule has 0 spiro atoms. The van der Waals surface area contributed by atoms with Crippen LogP contribution in [-0.2, 0) is 0 Å². The van der Waals surface area contributed by atoms with Gasteiger partial charge in [0.2, 0.25) is 0 Å². The van der Waals surface area contributed by atoms with Gasteiger partial charge in [0.25, 0.3) is 0 Å². The molecule has 2 aromatic carbocycles. The summed E-state index contributed by atoms with van der Waals surface area (Å²) >= 11 is 0. The molecule has 0 bridgehead atoms. The van der Waals surface area contributed by atoms with Crippen LogP contribution in [0.3, 0.4) is 0 Å². The van der Waals surface area contributed by atoms with Crippen molar-refractivity contribution in [1.29, 1.82) is 0 Å². The number of rotatable bonds is 7. The summed E-state index contributed by atoms with van der Waals surface area (Å²) in [4.78, 5) is 12.1. The molecule has 0 atom stereocenters. The molecule has 0 amide bonds. The second-order valence-corrected chi connectivity index (χ2v) is 4.67. The summed E-state index contributed by atoms with van der Waals surface area (Å²) in [6, 6.07) is 13.9. The van der Waals surface area contributed by atoms with Gasteiger partial charge in [-0.05, 0) is 61.9 Å². The molecule has 0 aliphatic rings. The van der Waals surface area contributed by atoms with Gasteiger partial charge in [0, 0.05) is 0 Å². The SMILES string of the molecule is CCCOc1ccc(C(=O)Oc2ccc(OCC)cc2)cc1. The predicted octanol–water partition coefficient (Wildman–Crippen LogP) is 4.09. The molecule has 0 aliphatic heterocycles. The summed E-state index contributed by atoms with van der Waals surface area (Å²) in [6.45, 7) is 5.23. The highest BCUT2D eigenvalue weighted by Crippen LogP contribution is 2.19. The number of benzene rings is 2. The van der Waals surface area contributed by atoms with Crippen molar-refractivity contribution in [2.24, 2.45) is 0 Å². The van der Waals surface area contributed by atoms with Crippen LogP contribution in [0.15, 0.2) is 48.5 Å². The highest BCUT2D eigenvalue weighted by Gasteiger charge is 2.09. The molecule has 0 heterocycles. The van der Waals surface area contributed by atoms with Crippen molar-refractivity contribution in [3.8, 4) is 17.2 Å². The molecule has 4 heteroatoms. The minimum absolute atomic E-state index is 0.397. The predicted molar refractivity (Wildman–Crippen MR) is 84.8 cm³/mol. The fraction of sp³-hybridized carbons (Fsp3) is 0.278. The average molecular weight is 300 g/mol. The van der Waals surface area contributed by atoms with Crippen molar-refractivity contribution in [1.82, 2.24) is 0 Å². The fourth-order valence-corrected chi connectivity index (χ4v) is 1.84. The van der Waals surface area contributed by atoms with E-state index in [2.05, 4.69) is 0 Å². The van der Waals surface area contributed by atoms with Crippen LogP contribution in [0.1, 0.15) is 30.6 Å². The molecule has 2 aromatic rings. The van der Waals surface area contributed by atoms with E-state index in [1.165, 1.54) is 0 Å². The van der Waals surface area contributed by atoms with Crippen LogP contribution in [0.4, 0.5) is 0 Å². The second kappa shape index (κ2) is 8.08. The van der Waals surface area contributed by atoms with Crippen molar-refractivity contribution in [3.05, 3.63) is 54.1 Å². The summed E-state index contributed by atoms with van der Waals surface area (Å²) in [6.07, 6.45) is 0.946. The Morgan fingerprint density at radius 2 is 1.36 bits per heavy atom. The summed E-state index contributed by atoms with van der Waals surface area (Å²) in [5.41, 5.74) is 0.484. The number of hydrogen-bond acceptors (Lipinski definition) is 4. The third-order valence-electron chi connectivity index (χ3n) is 2.91. The average Bonchev–Trinajstić information content (AvgIpc) is 2.55. The van der Waals surface area contributed by atoms with Crippen molar-refractivity contribution in [2.45, 2.75) is 20.3 Å². The molecule has 0 N–H and O–H groups in total. The van der Waals surface area contributed by atoms with Crippen molar-refractivity contribution in [2.75, 3.05) is 13.2 Å². The van der Waals surface area contributed by atoms with Gasteiger partial charge in [0.1, 0.15) is 17.2 Å². The van der Waals surface area contributed by atoms with Crippen LogP contribution in [0.25, 0.3) is 0 Å². The number of ether oxygens (including phenoxy) is 3. The van der Waals surface area contributed by atoms with Gasteiger partial charge in [0.15, 0.2) is 0 Å². The van der Waals surface area contributed by atoms with Gasteiger partial charge in [-0.2, -0.15) is 0 Å². The Morgan fingerprint density at radius 3 is 1.95 bits per heavy atom. The quantitative estimate of drug-likeness (QED) is 0.570. The third-order valence-corrected chi connectivity index (χ3v) is 2.91. The normalized spacial score (nSPS) is 10.1. The van der Waals surface area contributed by atoms with Crippen molar-refractivity contribution in [3.63, 3.8) is 0 Å². The van der Waals surface area contributed by atoms with E-state index in [9.17, 15) is 4.79 Å². The molecular formula is C18H20O4. The Bertz CT molecular complexity index is 587. The zero-order valence-electron chi connectivity index (χ0n) is 12.9. The van der Waals surface area contributed by atoms with Crippen LogP contribution >= 0.6 is 0 Å². The van der Waals surface area contributed by atoms with Crippen molar-refractivity contribution >= 4 is 5.97 Å². The Kier molecular flexibility index (Phi) is 5.83. The zero-order valence-corrected chi connectivity index (χ0v) is 12.9. The maximum Gasteiger partial charge on any atom is 0.343 e. The van der Waals surface area contributed by atoms with Crippen LogP contribution in [0.2, 0.25) is 0 Å². The minimum Gasteiger partial charge on any atom is -0.494 e. The number of esters is 1. The first-order valence-electron chi connectivity index (χ1n) is 7.40. The molecule has 0 saturated heterocycles. The summed E-state index contributed by atoms with van der Waals surface area (Å²) < 4.78 is 16.1. The number of carbonyl (C=O) groups is 1. The maximum absolute atomic E-state index is 12.1. The topological polar surface area (TPSA) is 44.8 Å². The monoisotopic (exact) mass is 300 g/mol. The van der Waals surface area contributed by atoms with E-state index in [0.717, 1.165) is 17.9 Å². The van der Waals surface area contributed by atoms with E-state index in [1.54, 1.807) is 48.5 Å². The molecule has 0 fully saturated rings. The third kappa shape index (κ3) is 4.52. The highest BCUT2D eigenvalue weighted by molar-refractivity contribution is 5.91. The lowest BCUT2D eigenvalue weighted by atomic mass is 10.2. The maximum atomic E-state index is 12.1. The molecule has 116 valence electrons. The molecule has 0 aromatic heterocycles. The number of hydrogen-bond donors (Lipinski definition) is 0. The van der Waals surface area contributed by atoms with Gasteiger partial charge in [0.05, 0.1) is 18.8 Å². The Morgan fingerprint density at radius 1 is 0.818 bits per heavy atom. The van der Waals surface area contributed by atoms with Gasteiger partial charge in [-0.3, -0.25) is 0 Å². The van der Waals surface area contributed by atoms with E-state index in [1.807, 2.05) is 13.8 Å². The minimum atomic E-state index is -0.397. The molecule has 4 nitrogen and oxygen atoms in total. The van der Waals surface area contributed by atoms with Gasteiger partial charge in [-0.15, -0.1) is 0 Å². The van der Waals surface area contributed by atoms with Crippen molar-refractivity contribution < 1.29 is 19.0 Å². The smallest absolute Gasteiger partial charge is 0.343 e. The molecule has 22 heavy (non-hydrogen) atoms. The largest absolute Gasteiger partial charge is 0.494 e. The molecule has 2 rings (SSSR count). The fourth-order valence-electron chi connectivity index (χ4n) is 1.84. The Balaban J connectivity index is 1.96. The zero-order chi connectivity index (χ0) is 15.8. The molecular weight excluding hydrogens is 280 g/mol. The van der Waals surface area contributed by atoms with E-state index >= 15 is 0 Å². The van der Waals surface area contributed by atoms with Crippen LogP contribution in [0, 0.1) is 0 Å². The van der Waals surface area contributed by atoms with Gasteiger partial charge in [-0.1, -0.05) is 6.92 Å². The molecule has 0 aliphatic carbocycles. The summed E-state index contributed by atoms with van der Waals surface area (Å²) in [5, 5.41) is 0. The molecule has 0 unspecified atom stereocenters. The van der Waals surface area contributed by atoms with Gasteiger partial charge < -0.3 is 14.2 Å². The first kappa shape index (κ1) is 15.9. The Hall–Kier alpha value is -2.49. The standard InChI is InChI=1S/C18H20O4/c1-3-13-21-16-7-5-14(6-8-16)18(19)22-17-11-9-15(10-12-17)20-4-2/h5-12H,3-4,13H2,1-2H3. The van der Waals surface area contributed by atoms with Crippen LogP contribution in [-0.4, -0.2) is 19.2 Å². The summed E-state index contributed by atoms with van der Waals surface area (Å²) in [7, 11) is 0. The second-order valence-electron chi connectivity index (χ2n) is 4.67. The lowest BCUT2D eigenvalue weighted by molar-refractivity contribution is 0.0734. The van der Waals surface area contributed by atoms with Gasteiger partial charge in [-0.25, -0.2) is 4.79 Å². The first-order chi connectivity index (χ1) is 10.7. The van der Waals surface area contributed by atoms with Crippen LogP contribution < -0.4 is 14.2 Å². The lowest BCUT2D eigenvalue weighted by Gasteiger charge is -2.07. The molecule has 0 radical (unpaired) electrons. The lowest BCUT2D eigenvalue weighted by Crippen LogP contribution is -2.08. The molecule has 0 saturated carbocycles. The van der Waals surface area contributed by atoms with E-state index in [-0.39, 0.29) is 0 Å². The van der Waals surface area contributed by atoms with Crippen LogP contribution in [0.5, 0.6) is 17.2 Å². The Labute approximate surface area is 130 Å². The van der Waals surface area contributed by atoms with Gasteiger partial charge >= 0.3 is 5.97 Å². The number of carbonyl (C=O) groups excluding carboxylic acids is 1. The van der Waals surface area contributed by atoms with E-state index in [0.29, 0.717) is 24.5 Å². The first-order valence-corrected chi connectivity index (χ1v) is 7.40.